The predicted octanol–water partition coefficient (Wildman–Crippen LogP) is -0.593. The van der Waals surface area contributed by atoms with Gasteiger partial charge in [0.15, 0.2) is 0 Å². The van der Waals surface area contributed by atoms with Gasteiger partial charge in [-0.15, -0.1) is 0 Å². The highest BCUT2D eigenvalue weighted by molar-refractivity contribution is 4.99. The molecule has 5 nitrogen and oxygen atoms in total. The molecule has 0 bridgehead atoms. The van der Waals surface area contributed by atoms with E-state index in [1.54, 1.807) is 6.26 Å². The van der Waals surface area contributed by atoms with E-state index in [0.717, 1.165) is 12.3 Å². The van der Waals surface area contributed by atoms with E-state index in [4.69, 9.17) is 9.52 Å². The van der Waals surface area contributed by atoms with Gasteiger partial charge in [-0.2, -0.15) is 0 Å². The van der Waals surface area contributed by atoms with Crippen LogP contribution in [0.3, 0.4) is 0 Å². The van der Waals surface area contributed by atoms with Crippen LogP contribution in [0.15, 0.2) is 22.8 Å². The van der Waals surface area contributed by atoms with E-state index < -0.39 is 0 Å². The van der Waals surface area contributed by atoms with Crippen LogP contribution in [0.4, 0.5) is 0 Å². The summed E-state index contributed by atoms with van der Waals surface area (Å²) in [6.45, 7) is 2.33. The van der Waals surface area contributed by atoms with Gasteiger partial charge in [0.25, 0.3) is 0 Å². The third kappa shape index (κ3) is 2.62. The number of piperazine rings is 1. The van der Waals surface area contributed by atoms with Crippen molar-refractivity contribution in [3.8, 4) is 0 Å². The first-order chi connectivity index (χ1) is 7.83. The zero-order valence-electron chi connectivity index (χ0n) is 9.17. The van der Waals surface area contributed by atoms with Crippen molar-refractivity contribution in [1.82, 2.24) is 10.2 Å². The monoisotopic (exact) mass is 226 g/mol. The lowest BCUT2D eigenvalue weighted by atomic mass is 10.1. The van der Waals surface area contributed by atoms with Gasteiger partial charge in [-0.1, -0.05) is 0 Å². The molecule has 0 aliphatic carbocycles. The molecule has 0 amide bonds. The first-order valence-corrected chi connectivity index (χ1v) is 5.55. The van der Waals surface area contributed by atoms with Crippen molar-refractivity contribution < 1.29 is 14.6 Å². The molecule has 1 aromatic rings. The van der Waals surface area contributed by atoms with Gasteiger partial charge in [0.1, 0.15) is 5.76 Å². The second-order valence-corrected chi connectivity index (χ2v) is 4.13. The van der Waals surface area contributed by atoms with Crippen molar-refractivity contribution in [1.29, 1.82) is 0 Å². The largest absolute Gasteiger partial charge is 0.468 e. The van der Waals surface area contributed by atoms with Gasteiger partial charge in [-0.3, -0.25) is 4.90 Å². The first-order valence-electron chi connectivity index (χ1n) is 5.55. The Balaban J connectivity index is 1.97. The lowest BCUT2D eigenvalue weighted by molar-refractivity contribution is 0.0543. The topological polar surface area (TPSA) is 68.9 Å². The number of nitrogens with zero attached hydrogens (tertiary/aromatic N) is 1. The summed E-state index contributed by atoms with van der Waals surface area (Å²) in [5.74, 6) is 0.886. The highest BCUT2D eigenvalue weighted by Crippen LogP contribution is 2.12. The molecule has 90 valence electrons. The molecule has 1 saturated heterocycles. The molecular formula is C11H18N2O3. The fourth-order valence-corrected chi connectivity index (χ4v) is 2.03. The van der Waals surface area contributed by atoms with Crippen LogP contribution < -0.4 is 5.32 Å². The molecule has 0 saturated carbocycles. The average molecular weight is 226 g/mol. The number of nitrogens with one attached hydrogen (secondary N) is 1. The maximum Gasteiger partial charge on any atom is 0.117 e. The number of furan rings is 1. The summed E-state index contributed by atoms with van der Waals surface area (Å²) in [7, 11) is 0. The molecule has 2 rings (SSSR count). The minimum Gasteiger partial charge on any atom is -0.468 e. The maximum absolute atomic E-state index is 9.27. The predicted molar refractivity (Wildman–Crippen MR) is 58.9 cm³/mol. The Morgan fingerprint density at radius 2 is 2.31 bits per heavy atom. The third-order valence-electron chi connectivity index (χ3n) is 2.98. The molecule has 1 aliphatic rings. The number of aliphatic hydroxyl groups excluding tert-OH is 2. The Morgan fingerprint density at radius 3 is 2.94 bits per heavy atom. The standard InChI is InChI=1S/C11H18N2O3/c14-7-9-5-13(10(8-15)4-12-9)6-11-2-1-3-16-11/h1-3,9-10,12,14-15H,4-8H2. The van der Waals surface area contributed by atoms with Gasteiger partial charge in [0, 0.05) is 25.2 Å². The summed E-state index contributed by atoms with van der Waals surface area (Å²) >= 11 is 0. The van der Waals surface area contributed by atoms with Crippen molar-refractivity contribution in [2.24, 2.45) is 0 Å². The summed E-state index contributed by atoms with van der Waals surface area (Å²) in [5, 5.41) is 21.6. The van der Waals surface area contributed by atoms with Crippen LogP contribution in [0, 0.1) is 0 Å². The smallest absolute Gasteiger partial charge is 0.117 e. The number of hydrogen-bond acceptors (Lipinski definition) is 5. The van der Waals surface area contributed by atoms with Crippen molar-refractivity contribution >= 4 is 0 Å². The van der Waals surface area contributed by atoms with Crippen LogP contribution >= 0.6 is 0 Å². The van der Waals surface area contributed by atoms with Crippen LogP contribution in [-0.4, -0.2) is 53.5 Å². The maximum atomic E-state index is 9.27. The normalized spacial score (nSPS) is 27.1. The Kier molecular flexibility index (Phi) is 3.95. The molecule has 1 fully saturated rings. The molecular weight excluding hydrogens is 208 g/mol. The van der Waals surface area contributed by atoms with Crippen molar-refractivity contribution in [2.45, 2.75) is 18.6 Å². The summed E-state index contributed by atoms with van der Waals surface area (Å²) in [5.41, 5.74) is 0. The van der Waals surface area contributed by atoms with Gasteiger partial charge >= 0.3 is 0 Å². The minimum absolute atomic E-state index is 0.0813. The van der Waals surface area contributed by atoms with Crippen molar-refractivity contribution in [3.05, 3.63) is 24.2 Å². The van der Waals surface area contributed by atoms with Crippen LogP contribution in [0.1, 0.15) is 5.76 Å². The fraction of sp³-hybridized carbons (Fsp3) is 0.636. The average Bonchev–Trinajstić information content (AvgIpc) is 2.82. The fourth-order valence-electron chi connectivity index (χ4n) is 2.03. The molecule has 2 unspecified atom stereocenters. The van der Waals surface area contributed by atoms with Crippen LogP contribution in [-0.2, 0) is 6.54 Å². The van der Waals surface area contributed by atoms with E-state index in [9.17, 15) is 5.11 Å². The zero-order chi connectivity index (χ0) is 11.4. The number of hydrogen-bond donors (Lipinski definition) is 3. The van der Waals surface area contributed by atoms with E-state index in [-0.39, 0.29) is 25.3 Å². The second-order valence-electron chi connectivity index (χ2n) is 4.13. The second kappa shape index (κ2) is 5.45. The van der Waals surface area contributed by atoms with E-state index in [0.29, 0.717) is 13.1 Å². The molecule has 0 spiro atoms. The Labute approximate surface area is 94.7 Å². The molecule has 0 aromatic carbocycles. The Hall–Kier alpha value is -0.880. The summed E-state index contributed by atoms with van der Waals surface area (Å²) < 4.78 is 5.29. The van der Waals surface area contributed by atoms with Crippen LogP contribution in [0.25, 0.3) is 0 Å². The zero-order valence-corrected chi connectivity index (χ0v) is 9.17. The summed E-state index contributed by atoms with van der Waals surface area (Å²) in [6.07, 6.45) is 1.65. The molecule has 2 atom stereocenters. The minimum atomic E-state index is 0.0813. The number of aliphatic hydroxyl groups is 2. The highest BCUT2D eigenvalue weighted by atomic mass is 16.3. The summed E-state index contributed by atoms with van der Waals surface area (Å²) in [6, 6.07) is 3.95. The molecule has 5 heteroatoms. The van der Waals surface area contributed by atoms with Gasteiger partial charge in [0.05, 0.1) is 26.0 Å². The molecule has 0 radical (unpaired) electrons. The summed E-state index contributed by atoms with van der Waals surface area (Å²) in [4.78, 5) is 2.14. The molecule has 1 aliphatic heterocycles. The quantitative estimate of drug-likeness (QED) is 0.640. The molecule has 3 N–H and O–H groups in total. The molecule has 2 heterocycles. The lowest BCUT2D eigenvalue weighted by Crippen LogP contribution is -2.58. The number of rotatable bonds is 4. The third-order valence-corrected chi connectivity index (χ3v) is 2.98. The molecule has 16 heavy (non-hydrogen) atoms. The SMILES string of the molecule is OCC1CN(Cc2ccco2)C(CO)CN1. The first kappa shape index (κ1) is 11.6. The van der Waals surface area contributed by atoms with Crippen molar-refractivity contribution in [3.63, 3.8) is 0 Å². The van der Waals surface area contributed by atoms with Crippen LogP contribution in [0.5, 0.6) is 0 Å². The Morgan fingerprint density at radius 1 is 1.44 bits per heavy atom. The Bertz CT molecular complexity index is 302. The van der Waals surface area contributed by atoms with Gasteiger partial charge in [-0.25, -0.2) is 0 Å². The highest BCUT2D eigenvalue weighted by Gasteiger charge is 2.27. The van der Waals surface area contributed by atoms with Crippen LogP contribution in [0.2, 0.25) is 0 Å². The van der Waals surface area contributed by atoms with E-state index in [1.807, 2.05) is 12.1 Å². The molecule has 1 aromatic heterocycles. The lowest BCUT2D eigenvalue weighted by Gasteiger charge is -2.38. The van der Waals surface area contributed by atoms with E-state index in [1.165, 1.54) is 0 Å². The van der Waals surface area contributed by atoms with Gasteiger partial charge in [0.2, 0.25) is 0 Å². The van der Waals surface area contributed by atoms with E-state index >= 15 is 0 Å². The van der Waals surface area contributed by atoms with E-state index in [2.05, 4.69) is 10.2 Å². The van der Waals surface area contributed by atoms with Gasteiger partial charge < -0.3 is 19.9 Å². The van der Waals surface area contributed by atoms with Gasteiger partial charge in [-0.05, 0) is 12.1 Å². The van der Waals surface area contributed by atoms with Crippen molar-refractivity contribution in [2.75, 3.05) is 26.3 Å².